The normalized spacial score (nSPS) is 10.8. The van der Waals surface area contributed by atoms with Crippen LogP contribution in [-0.2, 0) is 14.3 Å². The standard InChI is InChI=1S/C12H12Cl2N2O3S2/c1-18-2-3-19-5-10(17)16-12-15-8(6-20-12)7-4-9(13)21-11(7)14/h4,6H,2-3,5H2,1H3,(H,15,16,17). The summed E-state index contributed by atoms with van der Waals surface area (Å²) in [6.45, 7) is 0.783. The van der Waals surface area contributed by atoms with Gasteiger partial charge in [0.1, 0.15) is 10.9 Å². The number of carbonyl (C=O) groups excluding carboxylic acids is 1. The van der Waals surface area contributed by atoms with Gasteiger partial charge in [0.25, 0.3) is 5.91 Å². The number of thiazole rings is 1. The molecule has 0 aliphatic rings. The Labute approximate surface area is 139 Å². The first kappa shape index (κ1) is 16.7. The fourth-order valence-corrected chi connectivity index (χ4v) is 3.64. The van der Waals surface area contributed by atoms with E-state index in [1.54, 1.807) is 13.2 Å². The second kappa shape index (κ2) is 8.07. The Kier molecular flexibility index (Phi) is 6.40. The largest absolute Gasteiger partial charge is 0.382 e. The van der Waals surface area contributed by atoms with Crippen molar-refractivity contribution in [2.75, 3.05) is 32.2 Å². The van der Waals surface area contributed by atoms with E-state index in [4.69, 9.17) is 32.7 Å². The van der Waals surface area contributed by atoms with Crippen LogP contribution in [0, 0.1) is 0 Å². The molecule has 0 unspecified atom stereocenters. The molecule has 2 aromatic rings. The Morgan fingerprint density at radius 2 is 2.24 bits per heavy atom. The van der Waals surface area contributed by atoms with Gasteiger partial charge in [0.15, 0.2) is 5.13 Å². The molecule has 0 saturated carbocycles. The first-order valence-corrected chi connectivity index (χ1v) is 8.32. The minimum Gasteiger partial charge on any atom is -0.382 e. The van der Waals surface area contributed by atoms with E-state index >= 15 is 0 Å². The van der Waals surface area contributed by atoms with Gasteiger partial charge in [0.05, 0.1) is 23.2 Å². The topological polar surface area (TPSA) is 60.5 Å². The van der Waals surface area contributed by atoms with Gasteiger partial charge in [-0.25, -0.2) is 4.98 Å². The highest BCUT2D eigenvalue weighted by Gasteiger charge is 2.13. The molecular weight excluding hydrogens is 355 g/mol. The number of rotatable bonds is 7. The number of halogens is 2. The van der Waals surface area contributed by atoms with Crippen LogP contribution in [-0.4, -0.2) is 37.8 Å². The molecule has 0 atom stereocenters. The van der Waals surface area contributed by atoms with Gasteiger partial charge in [0, 0.05) is 18.1 Å². The molecular formula is C12H12Cl2N2O3S2. The quantitative estimate of drug-likeness (QED) is 0.757. The van der Waals surface area contributed by atoms with Crippen LogP contribution in [0.15, 0.2) is 11.4 Å². The fraction of sp³-hybridized carbons (Fsp3) is 0.333. The molecule has 5 nitrogen and oxygen atoms in total. The van der Waals surface area contributed by atoms with Gasteiger partial charge in [0.2, 0.25) is 0 Å². The van der Waals surface area contributed by atoms with Crippen molar-refractivity contribution in [3.05, 3.63) is 20.1 Å². The predicted octanol–water partition coefficient (Wildman–Crippen LogP) is 3.78. The lowest BCUT2D eigenvalue weighted by atomic mass is 10.3. The summed E-state index contributed by atoms with van der Waals surface area (Å²) < 4.78 is 11.1. The van der Waals surface area contributed by atoms with Gasteiger partial charge >= 0.3 is 0 Å². The number of carbonyl (C=O) groups is 1. The van der Waals surface area contributed by atoms with E-state index in [0.29, 0.717) is 32.7 Å². The number of ether oxygens (including phenoxy) is 2. The molecule has 0 aromatic carbocycles. The number of nitrogens with zero attached hydrogens (tertiary/aromatic N) is 1. The molecule has 21 heavy (non-hydrogen) atoms. The lowest BCUT2D eigenvalue weighted by Crippen LogP contribution is -2.19. The van der Waals surface area contributed by atoms with Gasteiger partial charge in [-0.15, -0.1) is 22.7 Å². The zero-order valence-corrected chi connectivity index (χ0v) is 14.2. The maximum absolute atomic E-state index is 11.6. The summed E-state index contributed by atoms with van der Waals surface area (Å²) in [5.74, 6) is -0.263. The third-order valence-electron chi connectivity index (χ3n) is 2.35. The molecule has 0 radical (unpaired) electrons. The van der Waals surface area contributed by atoms with Crippen LogP contribution < -0.4 is 5.32 Å². The van der Waals surface area contributed by atoms with Gasteiger partial charge in [-0.1, -0.05) is 23.2 Å². The number of amides is 1. The van der Waals surface area contributed by atoms with E-state index in [2.05, 4.69) is 10.3 Å². The van der Waals surface area contributed by atoms with Crippen LogP contribution in [0.1, 0.15) is 0 Å². The van der Waals surface area contributed by atoms with Crippen molar-refractivity contribution < 1.29 is 14.3 Å². The second-order valence-electron chi connectivity index (χ2n) is 3.87. The molecule has 0 bridgehead atoms. The monoisotopic (exact) mass is 366 g/mol. The lowest BCUT2D eigenvalue weighted by molar-refractivity contribution is -0.121. The summed E-state index contributed by atoms with van der Waals surface area (Å²) in [6.07, 6.45) is 0. The summed E-state index contributed by atoms with van der Waals surface area (Å²) in [5.41, 5.74) is 1.45. The molecule has 114 valence electrons. The molecule has 9 heteroatoms. The molecule has 0 saturated heterocycles. The zero-order valence-electron chi connectivity index (χ0n) is 11.0. The highest BCUT2D eigenvalue weighted by Crippen LogP contribution is 2.38. The van der Waals surface area contributed by atoms with Crippen LogP contribution in [0.4, 0.5) is 5.13 Å². The van der Waals surface area contributed by atoms with E-state index in [0.717, 1.165) is 5.56 Å². The Morgan fingerprint density at radius 3 is 2.90 bits per heavy atom. The average Bonchev–Trinajstić information content (AvgIpc) is 3.01. The number of hydrogen-bond donors (Lipinski definition) is 1. The van der Waals surface area contributed by atoms with Crippen molar-refractivity contribution in [3.8, 4) is 11.3 Å². The summed E-state index contributed by atoms with van der Waals surface area (Å²) >= 11 is 14.6. The zero-order chi connectivity index (χ0) is 15.2. The Morgan fingerprint density at radius 1 is 1.43 bits per heavy atom. The van der Waals surface area contributed by atoms with Crippen LogP contribution in [0.2, 0.25) is 8.67 Å². The van der Waals surface area contributed by atoms with E-state index in [9.17, 15) is 4.79 Å². The molecule has 1 N–H and O–H groups in total. The summed E-state index contributed by atoms with van der Waals surface area (Å²) in [7, 11) is 1.57. The van der Waals surface area contributed by atoms with E-state index in [1.165, 1.54) is 22.7 Å². The fourth-order valence-electron chi connectivity index (χ4n) is 1.43. The van der Waals surface area contributed by atoms with Gasteiger partial charge < -0.3 is 9.47 Å². The Hall–Kier alpha value is -0.700. The van der Waals surface area contributed by atoms with Crippen LogP contribution >= 0.6 is 45.9 Å². The number of thiophene rings is 1. The third kappa shape index (κ3) is 4.91. The maximum Gasteiger partial charge on any atom is 0.252 e. The summed E-state index contributed by atoms with van der Waals surface area (Å²) in [4.78, 5) is 15.9. The SMILES string of the molecule is COCCOCC(=O)Nc1nc(-c2cc(Cl)sc2Cl)cs1. The second-order valence-corrected chi connectivity index (χ2v) is 7.01. The molecule has 2 heterocycles. The highest BCUT2D eigenvalue weighted by molar-refractivity contribution is 7.20. The van der Waals surface area contributed by atoms with Crippen LogP contribution in [0.3, 0.4) is 0 Å². The summed E-state index contributed by atoms with van der Waals surface area (Å²) in [6, 6.07) is 1.75. The molecule has 0 spiro atoms. The van der Waals surface area contributed by atoms with Crippen molar-refractivity contribution in [2.45, 2.75) is 0 Å². The number of nitrogens with one attached hydrogen (secondary N) is 1. The minimum atomic E-state index is -0.263. The Bertz CT molecular complexity index is 615. The van der Waals surface area contributed by atoms with Crippen LogP contribution in [0.5, 0.6) is 0 Å². The molecule has 0 aliphatic carbocycles. The van der Waals surface area contributed by atoms with E-state index in [-0.39, 0.29) is 12.5 Å². The molecule has 0 aliphatic heterocycles. The number of methoxy groups -OCH3 is 1. The number of anilines is 1. The van der Waals surface area contributed by atoms with Crippen molar-refractivity contribution in [3.63, 3.8) is 0 Å². The molecule has 2 aromatic heterocycles. The van der Waals surface area contributed by atoms with Gasteiger partial charge in [-0.3, -0.25) is 10.1 Å². The minimum absolute atomic E-state index is 0.0384. The summed E-state index contributed by atoms with van der Waals surface area (Å²) in [5, 5.41) is 4.97. The number of hydrogen-bond acceptors (Lipinski definition) is 6. The predicted molar refractivity (Wildman–Crippen MR) is 86.8 cm³/mol. The highest BCUT2D eigenvalue weighted by atomic mass is 35.5. The third-order valence-corrected chi connectivity index (χ3v) is 4.59. The van der Waals surface area contributed by atoms with E-state index in [1.807, 2.05) is 5.38 Å². The first-order valence-electron chi connectivity index (χ1n) is 5.87. The van der Waals surface area contributed by atoms with E-state index < -0.39 is 0 Å². The number of aromatic nitrogens is 1. The Balaban J connectivity index is 1.91. The van der Waals surface area contributed by atoms with Crippen molar-refractivity contribution in [1.29, 1.82) is 0 Å². The molecule has 0 fully saturated rings. The maximum atomic E-state index is 11.6. The first-order chi connectivity index (χ1) is 10.1. The van der Waals surface area contributed by atoms with Crippen molar-refractivity contribution in [1.82, 2.24) is 4.98 Å². The van der Waals surface area contributed by atoms with Gasteiger partial charge in [-0.05, 0) is 6.07 Å². The lowest BCUT2D eigenvalue weighted by Gasteiger charge is -2.03. The van der Waals surface area contributed by atoms with Crippen LogP contribution in [0.25, 0.3) is 11.3 Å². The van der Waals surface area contributed by atoms with Crippen molar-refractivity contribution in [2.24, 2.45) is 0 Å². The van der Waals surface area contributed by atoms with Gasteiger partial charge in [-0.2, -0.15) is 0 Å². The average molecular weight is 367 g/mol. The smallest absolute Gasteiger partial charge is 0.252 e. The molecule has 1 amide bonds. The van der Waals surface area contributed by atoms with Crippen molar-refractivity contribution >= 4 is 56.9 Å². The molecule has 2 rings (SSSR count).